The number of esters is 1. The van der Waals surface area contributed by atoms with Crippen LogP contribution < -0.4 is 0 Å². The number of methoxy groups -OCH3 is 1. The van der Waals surface area contributed by atoms with Crippen molar-refractivity contribution in [3.63, 3.8) is 0 Å². The van der Waals surface area contributed by atoms with Crippen molar-refractivity contribution in [2.24, 2.45) is 10.1 Å². The Balaban J connectivity index is 3.73. The fraction of sp³-hybridized carbons (Fsp3) is 0.571. The van der Waals surface area contributed by atoms with Crippen LogP contribution in [0.15, 0.2) is 10.1 Å². The zero-order valence-corrected chi connectivity index (χ0v) is 7.52. The van der Waals surface area contributed by atoms with Gasteiger partial charge in [-0.1, -0.05) is 0 Å². The highest BCUT2D eigenvalue weighted by Gasteiger charge is 1.88. The molecule has 12 heavy (non-hydrogen) atoms. The standard InChI is InChI=1S/C7H13N3O2/c1-4-10(2)9-6-8-5-7(11)12-3/h5-6H,4H2,1-3H3/b8-5?,9-6-. The highest BCUT2D eigenvalue weighted by atomic mass is 16.5. The first-order chi connectivity index (χ1) is 5.70. The number of hydrazone groups is 1. The highest BCUT2D eigenvalue weighted by molar-refractivity contribution is 6.24. The smallest absolute Gasteiger partial charge is 0.349 e. The third-order valence-corrected chi connectivity index (χ3v) is 1.15. The molecule has 0 fully saturated rings. The van der Waals surface area contributed by atoms with E-state index < -0.39 is 5.97 Å². The monoisotopic (exact) mass is 171 g/mol. The van der Waals surface area contributed by atoms with E-state index in [1.165, 1.54) is 13.4 Å². The Morgan fingerprint density at radius 1 is 1.67 bits per heavy atom. The first-order valence-electron chi connectivity index (χ1n) is 3.55. The van der Waals surface area contributed by atoms with Crippen molar-refractivity contribution in [3.05, 3.63) is 0 Å². The largest absolute Gasteiger partial charge is 0.465 e. The van der Waals surface area contributed by atoms with E-state index in [2.05, 4.69) is 14.8 Å². The molecule has 0 aromatic carbocycles. The summed E-state index contributed by atoms with van der Waals surface area (Å²) < 4.78 is 4.32. The topological polar surface area (TPSA) is 54.3 Å². The van der Waals surface area contributed by atoms with Gasteiger partial charge in [0.1, 0.15) is 12.6 Å². The van der Waals surface area contributed by atoms with Gasteiger partial charge in [-0.05, 0) is 6.92 Å². The number of carbonyl (C=O) groups excluding carboxylic acids is 1. The Bertz CT molecular complexity index is 189. The van der Waals surface area contributed by atoms with Gasteiger partial charge < -0.3 is 4.74 Å². The van der Waals surface area contributed by atoms with E-state index in [1.807, 2.05) is 14.0 Å². The van der Waals surface area contributed by atoms with E-state index in [0.29, 0.717) is 0 Å². The quantitative estimate of drug-likeness (QED) is 0.261. The van der Waals surface area contributed by atoms with E-state index in [9.17, 15) is 4.79 Å². The summed E-state index contributed by atoms with van der Waals surface area (Å²) in [5.41, 5.74) is 0. The van der Waals surface area contributed by atoms with Crippen molar-refractivity contribution in [2.45, 2.75) is 6.92 Å². The maximum atomic E-state index is 10.5. The highest BCUT2D eigenvalue weighted by Crippen LogP contribution is 1.78. The summed E-state index contributed by atoms with van der Waals surface area (Å²) in [6.07, 6.45) is 2.35. The SMILES string of the molecule is CCN(C)/N=C\N=CC(=O)OC. The van der Waals surface area contributed by atoms with Gasteiger partial charge in [0.05, 0.1) is 7.11 Å². The van der Waals surface area contributed by atoms with Crippen LogP contribution >= 0.6 is 0 Å². The third kappa shape index (κ3) is 5.40. The van der Waals surface area contributed by atoms with Crippen molar-refractivity contribution in [1.82, 2.24) is 5.01 Å². The van der Waals surface area contributed by atoms with Crippen molar-refractivity contribution < 1.29 is 9.53 Å². The van der Waals surface area contributed by atoms with Gasteiger partial charge >= 0.3 is 5.97 Å². The Labute approximate surface area is 71.7 Å². The van der Waals surface area contributed by atoms with Crippen LogP contribution in [0.2, 0.25) is 0 Å². The first kappa shape index (κ1) is 10.6. The summed E-state index contributed by atoms with van der Waals surface area (Å²) in [5, 5.41) is 5.54. The van der Waals surface area contributed by atoms with Gasteiger partial charge in [-0.3, -0.25) is 5.01 Å². The molecular formula is C7H13N3O2. The predicted octanol–water partition coefficient (Wildman–Crippen LogP) is 0.125. The lowest BCUT2D eigenvalue weighted by Crippen LogP contribution is -2.09. The minimum absolute atomic E-state index is 0.486. The number of hydrogen-bond donors (Lipinski definition) is 0. The van der Waals surface area contributed by atoms with Crippen molar-refractivity contribution in [1.29, 1.82) is 0 Å². The molecule has 0 rings (SSSR count). The predicted molar refractivity (Wildman–Crippen MR) is 47.3 cm³/mol. The molecule has 0 saturated heterocycles. The van der Waals surface area contributed by atoms with E-state index in [0.717, 1.165) is 12.8 Å². The Hall–Kier alpha value is -1.39. The zero-order valence-electron chi connectivity index (χ0n) is 7.52. The number of nitrogens with zero attached hydrogens (tertiary/aromatic N) is 3. The lowest BCUT2D eigenvalue weighted by Gasteiger charge is -2.05. The molecule has 5 nitrogen and oxygen atoms in total. The molecule has 0 bridgehead atoms. The maximum Gasteiger partial charge on any atom is 0.349 e. The van der Waals surface area contributed by atoms with Crippen LogP contribution in [0.5, 0.6) is 0 Å². The Morgan fingerprint density at radius 3 is 2.83 bits per heavy atom. The van der Waals surface area contributed by atoms with E-state index in [1.54, 1.807) is 5.01 Å². The molecule has 0 amide bonds. The molecule has 0 aliphatic carbocycles. The number of hydrogen-bond acceptors (Lipinski definition) is 4. The van der Waals surface area contributed by atoms with E-state index in [-0.39, 0.29) is 0 Å². The summed E-state index contributed by atoms with van der Waals surface area (Å²) >= 11 is 0. The second-order valence-corrected chi connectivity index (χ2v) is 2.01. The molecule has 0 aromatic heterocycles. The zero-order chi connectivity index (χ0) is 9.40. The first-order valence-corrected chi connectivity index (χ1v) is 3.55. The molecule has 0 unspecified atom stereocenters. The molecular weight excluding hydrogens is 158 g/mol. The van der Waals surface area contributed by atoms with Gasteiger partial charge in [0.25, 0.3) is 0 Å². The number of ether oxygens (including phenoxy) is 1. The maximum absolute atomic E-state index is 10.5. The summed E-state index contributed by atoms with van der Waals surface area (Å²) in [7, 11) is 3.10. The number of carbonyl (C=O) groups is 1. The van der Waals surface area contributed by atoms with Crippen LogP contribution in [0.3, 0.4) is 0 Å². The molecule has 0 aromatic rings. The Kier molecular flexibility index (Phi) is 5.60. The van der Waals surface area contributed by atoms with Crippen LogP contribution in [-0.4, -0.2) is 44.2 Å². The molecule has 0 atom stereocenters. The molecule has 0 aliphatic heterocycles. The minimum atomic E-state index is -0.486. The van der Waals surface area contributed by atoms with Crippen LogP contribution in [0, 0.1) is 0 Å². The molecule has 5 heteroatoms. The molecule has 0 N–H and O–H groups in total. The lowest BCUT2D eigenvalue weighted by atomic mass is 10.7. The van der Waals surface area contributed by atoms with Crippen LogP contribution in [0.1, 0.15) is 6.92 Å². The van der Waals surface area contributed by atoms with Crippen molar-refractivity contribution in [2.75, 3.05) is 20.7 Å². The number of aliphatic imine (C=N–C) groups is 1. The average Bonchev–Trinajstić information content (AvgIpc) is 2.11. The van der Waals surface area contributed by atoms with E-state index in [4.69, 9.17) is 0 Å². The molecule has 68 valence electrons. The third-order valence-electron chi connectivity index (χ3n) is 1.15. The minimum Gasteiger partial charge on any atom is -0.465 e. The van der Waals surface area contributed by atoms with Gasteiger partial charge in [0, 0.05) is 13.6 Å². The van der Waals surface area contributed by atoms with Crippen LogP contribution in [0.4, 0.5) is 0 Å². The average molecular weight is 171 g/mol. The van der Waals surface area contributed by atoms with Crippen molar-refractivity contribution >= 4 is 18.5 Å². The molecule has 0 spiro atoms. The van der Waals surface area contributed by atoms with Gasteiger partial charge in [-0.25, -0.2) is 9.79 Å². The lowest BCUT2D eigenvalue weighted by molar-refractivity contribution is -0.132. The Morgan fingerprint density at radius 2 is 2.33 bits per heavy atom. The molecule has 0 aliphatic rings. The normalized spacial score (nSPS) is 10.9. The van der Waals surface area contributed by atoms with Gasteiger partial charge in [0.15, 0.2) is 0 Å². The molecule has 0 radical (unpaired) electrons. The number of rotatable bonds is 4. The molecule has 0 heterocycles. The van der Waals surface area contributed by atoms with Crippen LogP contribution in [0.25, 0.3) is 0 Å². The fourth-order valence-electron chi connectivity index (χ4n) is 0.347. The van der Waals surface area contributed by atoms with Crippen LogP contribution in [-0.2, 0) is 9.53 Å². The second-order valence-electron chi connectivity index (χ2n) is 2.01. The van der Waals surface area contributed by atoms with Gasteiger partial charge in [0.2, 0.25) is 0 Å². The second kappa shape index (κ2) is 6.33. The van der Waals surface area contributed by atoms with E-state index >= 15 is 0 Å². The fourth-order valence-corrected chi connectivity index (χ4v) is 0.347. The summed E-state index contributed by atoms with van der Waals surface area (Å²) in [4.78, 5) is 14.1. The van der Waals surface area contributed by atoms with Crippen molar-refractivity contribution in [3.8, 4) is 0 Å². The summed E-state index contributed by atoms with van der Waals surface area (Å²) in [6, 6.07) is 0. The summed E-state index contributed by atoms with van der Waals surface area (Å²) in [6.45, 7) is 2.76. The van der Waals surface area contributed by atoms with Gasteiger partial charge in [-0.15, -0.1) is 0 Å². The van der Waals surface area contributed by atoms with Gasteiger partial charge in [-0.2, -0.15) is 5.10 Å². The summed E-state index contributed by atoms with van der Waals surface area (Å²) in [5.74, 6) is -0.486. The molecule has 0 saturated carbocycles.